The highest BCUT2D eigenvalue weighted by atomic mass is 15.1. The second kappa shape index (κ2) is 3.90. The van der Waals surface area contributed by atoms with Crippen LogP contribution in [0.5, 0.6) is 0 Å². The van der Waals surface area contributed by atoms with Gasteiger partial charge in [-0.25, -0.2) is 0 Å². The average molecular weight is 136 g/mol. The molecule has 0 unspecified atom stereocenters. The Morgan fingerprint density at radius 2 is 1.60 bits per heavy atom. The Bertz CT molecular complexity index is 152. The molecule has 0 aromatic heterocycles. The lowest BCUT2D eigenvalue weighted by atomic mass is 10.5. The van der Waals surface area contributed by atoms with Crippen molar-refractivity contribution in [1.29, 1.82) is 0 Å². The summed E-state index contributed by atoms with van der Waals surface area (Å²) < 4.78 is 0. The van der Waals surface area contributed by atoms with Crippen molar-refractivity contribution >= 4 is 0 Å². The zero-order valence-electron chi connectivity index (χ0n) is 5.90. The van der Waals surface area contributed by atoms with Gasteiger partial charge in [0.05, 0.1) is 0 Å². The van der Waals surface area contributed by atoms with E-state index in [1.54, 1.807) is 0 Å². The molecule has 0 aliphatic carbocycles. The van der Waals surface area contributed by atoms with E-state index in [4.69, 9.17) is 5.73 Å². The minimum Gasteiger partial charge on any atom is -0.353 e. The third-order valence-corrected chi connectivity index (χ3v) is 1.28. The molecule has 0 aromatic carbocycles. The van der Waals surface area contributed by atoms with Crippen LogP contribution >= 0.6 is 0 Å². The van der Waals surface area contributed by atoms with Crippen LogP contribution in [-0.2, 0) is 0 Å². The van der Waals surface area contributed by atoms with Gasteiger partial charge in [0.25, 0.3) is 0 Å². The van der Waals surface area contributed by atoms with E-state index in [1.807, 2.05) is 36.7 Å². The summed E-state index contributed by atoms with van der Waals surface area (Å²) in [7, 11) is 0. The van der Waals surface area contributed by atoms with Crippen LogP contribution in [0.15, 0.2) is 36.7 Å². The number of hydrogen-bond donors (Lipinski definition) is 1. The molecular weight excluding hydrogens is 124 g/mol. The van der Waals surface area contributed by atoms with E-state index in [1.165, 1.54) is 0 Å². The Morgan fingerprint density at radius 3 is 2.10 bits per heavy atom. The summed E-state index contributed by atoms with van der Waals surface area (Å²) >= 11 is 0. The highest BCUT2D eigenvalue weighted by Crippen LogP contribution is 1.95. The van der Waals surface area contributed by atoms with Crippen molar-refractivity contribution in [2.24, 2.45) is 5.73 Å². The van der Waals surface area contributed by atoms with Crippen LogP contribution in [-0.4, -0.2) is 18.0 Å². The molecule has 2 nitrogen and oxygen atoms in total. The molecule has 0 saturated carbocycles. The fourth-order valence-corrected chi connectivity index (χ4v) is 0.797. The summed E-state index contributed by atoms with van der Waals surface area (Å²) in [5, 5.41) is 0. The Kier molecular flexibility index (Phi) is 2.77. The van der Waals surface area contributed by atoms with Gasteiger partial charge in [-0.15, -0.1) is 0 Å². The molecule has 1 aliphatic heterocycles. The van der Waals surface area contributed by atoms with E-state index in [2.05, 4.69) is 4.90 Å². The van der Waals surface area contributed by atoms with E-state index in [0.29, 0.717) is 6.54 Å². The van der Waals surface area contributed by atoms with Gasteiger partial charge < -0.3 is 10.6 Å². The van der Waals surface area contributed by atoms with Crippen LogP contribution in [0.2, 0.25) is 0 Å². The van der Waals surface area contributed by atoms with Crippen molar-refractivity contribution in [1.82, 2.24) is 4.90 Å². The lowest BCUT2D eigenvalue weighted by Gasteiger charge is -2.11. The third-order valence-electron chi connectivity index (χ3n) is 1.28. The maximum atomic E-state index is 5.38. The molecule has 1 heterocycles. The van der Waals surface area contributed by atoms with Crippen molar-refractivity contribution in [3.63, 3.8) is 0 Å². The lowest BCUT2D eigenvalue weighted by molar-refractivity contribution is 0.517. The summed E-state index contributed by atoms with van der Waals surface area (Å²) in [6, 6.07) is 0. The summed E-state index contributed by atoms with van der Waals surface area (Å²) in [6.45, 7) is 1.57. The second-order valence-electron chi connectivity index (χ2n) is 2.09. The van der Waals surface area contributed by atoms with Crippen LogP contribution in [0.25, 0.3) is 0 Å². The number of nitrogens with zero attached hydrogens (tertiary/aromatic N) is 1. The molecule has 10 heavy (non-hydrogen) atoms. The third kappa shape index (κ3) is 2.07. The molecule has 2 N–H and O–H groups in total. The van der Waals surface area contributed by atoms with Crippen molar-refractivity contribution in [3.8, 4) is 0 Å². The Hall–Kier alpha value is -1.02. The first-order valence-electron chi connectivity index (χ1n) is 3.41. The minimum atomic E-state index is 0.689. The first-order valence-corrected chi connectivity index (χ1v) is 3.41. The van der Waals surface area contributed by atoms with Crippen LogP contribution in [0.3, 0.4) is 0 Å². The Balaban J connectivity index is 2.46. The van der Waals surface area contributed by atoms with Crippen molar-refractivity contribution in [2.45, 2.75) is 0 Å². The smallest absolute Gasteiger partial charge is 0.0342 e. The van der Waals surface area contributed by atoms with Crippen molar-refractivity contribution in [3.05, 3.63) is 36.7 Å². The number of nitrogens with two attached hydrogens (primary N) is 1. The first kappa shape index (κ1) is 7.09. The van der Waals surface area contributed by atoms with Gasteiger partial charge in [0.15, 0.2) is 0 Å². The van der Waals surface area contributed by atoms with Crippen LogP contribution in [0.1, 0.15) is 0 Å². The normalized spacial score (nSPS) is 15.9. The van der Waals surface area contributed by atoms with Crippen molar-refractivity contribution < 1.29 is 0 Å². The van der Waals surface area contributed by atoms with E-state index >= 15 is 0 Å². The molecule has 0 spiro atoms. The highest BCUT2D eigenvalue weighted by Gasteiger charge is 1.90. The lowest BCUT2D eigenvalue weighted by Crippen LogP contribution is -2.19. The highest BCUT2D eigenvalue weighted by molar-refractivity contribution is 5.15. The summed E-state index contributed by atoms with van der Waals surface area (Å²) in [5.74, 6) is 0. The largest absolute Gasteiger partial charge is 0.353 e. The maximum absolute atomic E-state index is 5.38. The summed E-state index contributed by atoms with van der Waals surface area (Å²) in [6.07, 6.45) is 12.0. The van der Waals surface area contributed by atoms with E-state index < -0.39 is 0 Å². The molecular formula is C8H12N2. The monoisotopic (exact) mass is 136 g/mol. The fraction of sp³-hybridized carbons (Fsp3) is 0.250. The topological polar surface area (TPSA) is 29.3 Å². The van der Waals surface area contributed by atoms with Gasteiger partial charge in [-0.05, 0) is 12.2 Å². The number of allylic oxidation sites excluding steroid dienone is 4. The van der Waals surface area contributed by atoms with E-state index in [9.17, 15) is 0 Å². The summed E-state index contributed by atoms with van der Waals surface area (Å²) in [5.41, 5.74) is 5.38. The molecule has 0 aromatic rings. The predicted octanol–water partition coefficient (Wildman–Crippen LogP) is 0.844. The Labute approximate surface area is 61.3 Å². The zero-order valence-corrected chi connectivity index (χ0v) is 5.90. The molecule has 0 fully saturated rings. The van der Waals surface area contributed by atoms with Gasteiger partial charge in [-0.1, -0.05) is 12.2 Å². The van der Waals surface area contributed by atoms with Gasteiger partial charge in [-0.3, -0.25) is 0 Å². The minimum absolute atomic E-state index is 0.689. The van der Waals surface area contributed by atoms with Crippen LogP contribution in [0, 0.1) is 0 Å². The second-order valence-corrected chi connectivity index (χ2v) is 2.09. The fourth-order valence-electron chi connectivity index (χ4n) is 0.797. The maximum Gasteiger partial charge on any atom is 0.0342 e. The van der Waals surface area contributed by atoms with E-state index in [-0.39, 0.29) is 0 Å². The SMILES string of the molecule is NCCN1C=CC=CC=C1. The molecule has 0 bridgehead atoms. The average Bonchev–Trinajstić information content (AvgIpc) is 2.17. The van der Waals surface area contributed by atoms with Crippen LogP contribution in [0.4, 0.5) is 0 Å². The molecule has 1 aliphatic rings. The quantitative estimate of drug-likeness (QED) is 0.609. The van der Waals surface area contributed by atoms with E-state index in [0.717, 1.165) is 6.54 Å². The Morgan fingerprint density at radius 1 is 1.00 bits per heavy atom. The molecule has 2 heteroatoms. The molecule has 1 rings (SSSR count). The number of rotatable bonds is 2. The molecule has 0 saturated heterocycles. The number of hydrogen-bond acceptors (Lipinski definition) is 2. The zero-order chi connectivity index (χ0) is 7.23. The molecule has 0 amide bonds. The molecule has 0 radical (unpaired) electrons. The predicted molar refractivity (Wildman–Crippen MR) is 43.2 cm³/mol. The standard InChI is InChI=1S/C8H12N2/c9-5-8-10-6-3-1-2-4-7-10/h1-4,6-7H,5,8-9H2. The van der Waals surface area contributed by atoms with Gasteiger partial charge in [0.1, 0.15) is 0 Å². The summed E-state index contributed by atoms with van der Waals surface area (Å²) in [4.78, 5) is 2.06. The first-order chi connectivity index (χ1) is 4.93. The van der Waals surface area contributed by atoms with Gasteiger partial charge in [-0.2, -0.15) is 0 Å². The van der Waals surface area contributed by atoms with Crippen LogP contribution < -0.4 is 5.73 Å². The van der Waals surface area contributed by atoms with Crippen molar-refractivity contribution in [2.75, 3.05) is 13.1 Å². The molecule has 54 valence electrons. The molecule has 0 atom stereocenters. The van der Waals surface area contributed by atoms with Gasteiger partial charge in [0, 0.05) is 25.5 Å². The van der Waals surface area contributed by atoms with Gasteiger partial charge >= 0.3 is 0 Å². The van der Waals surface area contributed by atoms with Gasteiger partial charge in [0.2, 0.25) is 0 Å².